The van der Waals surface area contributed by atoms with Gasteiger partial charge in [0, 0.05) is 49.9 Å². The van der Waals surface area contributed by atoms with Crippen molar-refractivity contribution in [2.24, 2.45) is 0 Å². The maximum Gasteiger partial charge on any atom is 0.225 e. The molecule has 2 aliphatic heterocycles. The Balaban J connectivity index is 1.23. The van der Waals surface area contributed by atoms with Crippen LogP contribution in [0.5, 0.6) is 11.5 Å². The lowest BCUT2D eigenvalue weighted by molar-refractivity contribution is 0.122. The molecule has 4 aromatic rings. The van der Waals surface area contributed by atoms with E-state index in [2.05, 4.69) is 55.4 Å². The fourth-order valence-corrected chi connectivity index (χ4v) is 5.64. The molecule has 2 fully saturated rings. The summed E-state index contributed by atoms with van der Waals surface area (Å²) in [5.41, 5.74) is 3.21. The average molecular weight is 530 g/mol. The number of hydrogen-bond donors (Lipinski definition) is 2. The number of aromatic amines is 1. The summed E-state index contributed by atoms with van der Waals surface area (Å²) >= 11 is 0. The molecule has 2 aliphatic rings. The number of imidazole rings is 1. The van der Waals surface area contributed by atoms with Gasteiger partial charge in [-0.05, 0) is 24.5 Å². The van der Waals surface area contributed by atoms with Gasteiger partial charge < -0.3 is 29.4 Å². The van der Waals surface area contributed by atoms with Crippen molar-refractivity contribution in [3.63, 3.8) is 0 Å². The van der Waals surface area contributed by atoms with E-state index in [4.69, 9.17) is 24.2 Å². The number of ether oxygens (including phenoxy) is 3. The zero-order valence-electron chi connectivity index (χ0n) is 22.5. The quantitative estimate of drug-likeness (QED) is 0.352. The third-order valence-corrected chi connectivity index (χ3v) is 7.65. The van der Waals surface area contributed by atoms with Crippen molar-refractivity contribution in [1.82, 2.24) is 24.8 Å². The molecule has 1 atom stereocenters. The first-order valence-electron chi connectivity index (χ1n) is 13.5. The molecule has 0 bridgehead atoms. The number of hydrogen-bond acceptors (Lipinski definition) is 9. The van der Waals surface area contributed by atoms with Crippen molar-refractivity contribution >= 4 is 22.7 Å². The van der Waals surface area contributed by atoms with Crippen LogP contribution in [0, 0.1) is 0 Å². The summed E-state index contributed by atoms with van der Waals surface area (Å²) in [6, 6.07) is 15.0. The van der Waals surface area contributed by atoms with E-state index in [1.165, 1.54) is 5.56 Å². The van der Waals surface area contributed by atoms with Crippen LogP contribution in [0.2, 0.25) is 0 Å². The number of rotatable bonds is 8. The molecule has 10 nitrogen and oxygen atoms in total. The van der Waals surface area contributed by atoms with Crippen molar-refractivity contribution in [2.45, 2.75) is 24.9 Å². The minimum absolute atomic E-state index is 0.155. The highest BCUT2D eigenvalue weighted by atomic mass is 16.5. The predicted octanol–water partition coefficient (Wildman–Crippen LogP) is 3.87. The Kier molecular flexibility index (Phi) is 7.46. The topological polar surface area (TPSA) is 101 Å². The Morgan fingerprint density at radius 3 is 2.41 bits per heavy atom. The van der Waals surface area contributed by atoms with Gasteiger partial charge in [0.25, 0.3) is 0 Å². The highest BCUT2D eigenvalue weighted by molar-refractivity contribution is 5.93. The van der Waals surface area contributed by atoms with E-state index in [0.717, 1.165) is 61.4 Å². The normalized spacial score (nSPS) is 17.7. The van der Waals surface area contributed by atoms with Gasteiger partial charge >= 0.3 is 0 Å². The number of anilines is 2. The smallest absolute Gasteiger partial charge is 0.225 e. The van der Waals surface area contributed by atoms with Crippen LogP contribution in [0.15, 0.2) is 55.0 Å². The first-order valence-corrected chi connectivity index (χ1v) is 13.5. The van der Waals surface area contributed by atoms with Gasteiger partial charge in [0.05, 0.1) is 51.0 Å². The minimum Gasteiger partial charge on any atom is -0.493 e. The van der Waals surface area contributed by atoms with E-state index in [-0.39, 0.29) is 12.1 Å². The lowest BCUT2D eigenvalue weighted by Crippen LogP contribution is -2.42. The first kappa shape index (κ1) is 25.4. The van der Waals surface area contributed by atoms with Crippen LogP contribution in [-0.2, 0) is 4.74 Å². The van der Waals surface area contributed by atoms with Crippen molar-refractivity contribution in [1.29, 1.82) is 0 Å². The Morgan fingerprint density at radius 2 is 1.72 bits per heavy atom. The molecule has 204 valence electrons. The molecular formula is C29H35N7O3. The Bertz CT molecular complexity index is 1370. The molecule has 39 heavy (non-hydrogen) atoms. The second-order valence-electron chi connectivity index (χ2n) is 9.97. The monoisotopic (exact) mass is 529 g/mol. The number of benzene rings is 2. The third-order valence-electron chi connectivity index (χ3n) is 7.65. The van der Waals surface area contributed by atoms with E-state index in [1.807, 2.05) is 18.3 Å². The molecular weight excluding hydrogens is 494 g/mol. The highest BCUT2D eigenvalue weighted by Gasteiger charge is 2.29. The second kappa shape index (κ2) is 11.5. The highest BCUT2D eigenvalue weighted by Crippen LogP contribution is 2.36. The largest absolute Gasteiger partial charge is 0.493 e. The van der Waals surface area contributed by atoms with Crippen LogP contribution in [0.25, 0.3) is 10.9 Å². The molecule has 0 aliphatic carbocycles. The predicted molar refractivity (Wildman–Crippen MR) is 151 cm³/mol. The van der Waals surface area contributed by atoms with E-state index < -0.39 is 0 Å². The van der Waals surface area contributed by atoms with Crippen molar-refractivity contribution in [3.05, 3.63) is 66.2 Å². The van der Waals surface area contributed by atoms with Gasteiger partial charge in [-0.25, -0.2) is 9.97 Å². The summed E-state index contributed by atoms with van der Waals surface area (Å²) in [7, 11) is 3.29. The molecule has 0 radical (unpaired) electrons. The maximum absolute atomic E-state index is 5.60. The molecule has 6 rings (SSSR count). The van der Waals surface area contributed by atoms with Crippen molar-refractivity contribution in [2.75, 3.05) is 63.8 Å². The molecule has 2 saturated heterocycles. The molecule has 2 aromatic heterocycles. The van der Waals surface area contributed by atoms with Crippen LogP contribution in [0.4, 0.5) is 11.8 Å². The zero-order chi connectivity index (χ0) is 26.6. The molecule has 1 unspecified atom stereocenters. The van der Waals surface area contributed by atoms with Crippen LogP contribution in [0.1, 0.15) is 30.1 Å². The second-order valence-corrected chi connectivity index (χ2v) is 9.97. The number of fused-ring (bicyclic) bond motifs is 1. The summed E-state index contributed by atoms with van der Waals surface area (Å²) < 4.78 is 16.7. The van der Waals surface area contributed by atoms with Crippen LogP contribution < -0.4 is 19.7 Å². The molecule has 4 heterocycles. The molecule has 10 heteroatoms. The number of methoxy groups -OCH3 is 2. The SMILES string of the molecule is COc1cc2nc(NC3CCN(C(c4ccccc4)c4cnc[nH]4)CC3)nc(N3CCOCC3)c2cc1OC. The number of piperidine rings is 1. The van der Waals surface area contributed by atoms with Crippen molar-refractivity contribution in [3.8, 4) is 11.5 Å². The van der Waals surface area contributed by atoms with Crippen molar-refractivity contribution < 1.29 is 14.2 Å². The van der Waals surface area contributed by atoms with Crippen LogP contribution in [-0.4, -0.2) is 84.5 Å². The Morgan fingerprint density at radius 1 is 0.974 bits per heavy atom. The Hall–Kier alpha value is -3.89. The third kappa shape index (κ3) is 5.35. The van der Waals surface area contributed by atoms with Gasteiger partial charge in [0.15, 0.2) is 11.5 Å². The summed E-state index contributed by atoms with van der Waals surface area (Å²) in [6.07, 6.45) is 5.66. The van der Waals surface area contributed by atoms with Gasteiger partial charge in [0.1, 0.15) is 5.82 Å². The molecule has 2 aromatic carbocycles. The van der Waals surface area contributed by atoms with E-state index in [9.17, 15) is 0 Å². The summed E-state index contributed by atoms with van der Waals surface area (Å²) in [4.78, 5) is 22.3. The standard InChI is InChI=1S/C29H35N7O3/c1-37-25-16-22-23(17-26(25)38-2)33-29(34-28(22)36-12-14-39-15-13-36)32-21-8-10-35(11-9-21)27(24-18-30-19-31-24)20-6-4-3-5-7-20/h3-7,16-19,21,27H,8-15H2,1-2H3,(H,30,31)(H,32,33,34). The first-order chi connectivity index (χ1) is 19.2. The average Bonchev–Trinajstić information content (AvgIpc) is 3.52. The summed E-state index contributed by atoms with van der Waals surface area (Å²) in [5, 5.41) is 4.60. The van der Waals surface area contributed by atoms with E-state index in [0.29, 0.717) is 30.7 Å². The fourth-order valence-electron chi connectivity index (χ4n) is 5.64. The lowest BCUT2D eigenvalue weighted by Gasteiger charge is -2.37. The number of aromatic nitrogens is 4. The molecule has 0 spiro atoms. The molecule has 2 N–H and O–H groups in total. The van der Waals surface area contributed by atoms with Gasteiger partial charge in [-0.1, -0.05) is 30.3 Å². The summed E-state index contributed by atoms with van der Waals surface area (Å²) in [6.45, 7) is 4.83. The van der Waals surface area contributed by atoms with Crippen LogP contribution >= 0.6 is 0 Å². The fraction of sp³-hybridized carbons (Fsp3) is 0.414. The number of H-pyrrole nitrogens is 1. The van der Waals surface area contributed by atoms with E-state index >= 15 is 0 Å². The zero-order valence-corrected chi connectivity index (χ0v) is 22.5. The van der Waals surface area contributed by atoms with Crippen LogP contribution in [0.3, 0.4) is 0 Å². The van der Waals surface area contributed by atoms with Gasteiger partial charge in [0.2, 0.25) is 5.95 Å². The number of likely N-dealkylation sites (tertiary alicyclic amines) is 1. The Labute approximate surface area is 228 Å². The number of nitrogens with one attached hydrogen (secondary N) is 2. The summed E-state index contributed by atoms with van der Waals surface area (Å²) in [5.74, 6) is 2.86. The van der Waals surface area contributed by atoms with Gasteiger partial charge in [-0.2, -0.15) is 4.98 Å². The molecule has 0 saturated carbocycles. The minimum atomic E-state index is 0.155. The number of nitrogens with zero attached hydrogens (tertiary/aromatic N) is 5. The molecule has 0 amide bonds. The van der Waals surface area contributed by atoms with Gasteiger partial charge in [-0.3, -0.25) is 4.90 Å². The number of morpholine rings is 1. The van der Waals surface area contributed by atoms with Gasteiger partial charge in [-0.15, -0.1) is 0 Å². The lowest BCUT2D eigenvalue weighted by atomic mass is 9.97. The van der Waals surface area contributed by atoms with E-state index in [1.54, 1.807) is 20.5 Å². The maximum atomic E-state index is 5.60.